The van der Waals surface area contributed by atoms with Crippen molar-refractivity contribution in [1.82, 2.24) is 20.0 Å². The molecule has 1 N–H and O–H groups in total. The second-order valence-electron chi connectivity index (χ2n) is 3.75. The highest BCUT2D eigenvalue weighted by Crippen LogP contribution is 2.26. The van der Waals surface area contributed by atoms with E-state index in [0.29, 0.717) is 17.3 Å². The predicted octanol–water partition coefficient (Wildman–Crippen LogP) is 1.11. The fourth-order valence-electron chi connectivity index (χ4n) is 1.49. The van der Waals surface area contributed by atoms with E-state index in [9.17, 15) is 0 Å². The van der Waals surface area contributed by atoms with E-state index in [1.54, 1.807) is 16.8 Å². The first-order chi connectivity index (χ1) is 8.11. The van der Waals surface area contributed by atoms with E-state index in [1.165, 1.54) is 0 Å². The van der Waals surface area contributed by atoms with Crippen LogP contribution >= 0.6 is 0 Å². The van der Waals surface area contributed by atoms with Gasteiger partial charge in [-0.25, -0.2) is 0 Å². The fourth-order valence-corrected chi connectivity index (χ4v) is 1.49. The molecule has 2 aromatic rings. The first kappa shape index (κ1) is 11.5. The Morgan fingerprint density at radius 3 is 2.53 bits per heavy atom. The Labute approximate surface area is 98.9 Å². The molecule has 0 saturated heterocycles. The summed E-state index contributed by atoms with van der Waals surface area (Å²) in [6.07, 6.45) is 0. The Bertz CT molecular complexity index is 519. The van der Waals surface area contributed by atoms with Crippen molar-refractivity contribution in [3.05, 3.63) is 29.2 Å². The van der Waals surface area contributed by atoms with E-state index < -0.39 is 0 Å². The van der Waals surface area contributed by atoms with Crippen molar-refractivity contribution in [2.45, 2.75) is 20.5 Å². The maximum absolute atomic E-state index is 8.85. The maximum Gasteiger partial charge on any atom is 0.239 e. The summed E-state index contributed by atoms with van der Waals surface area (Å²) >= 11 is 0. The molecule has 0 saturated carbocycles. The molecule has 0 radical (unpaired) electrons. The van der Waals surface area contributed by atoms with Crippen molar-refractivity contribution in [3.8, 4) is 11.6 Å². The maximum atomic E-state index is 8.85. The molecule has 0 fully saturated rings. The van der Waals surface area contributed by atoms with E-state index in [4.69, 9.17) is 9.84 Å². The number of ether oxygens (including phenoxy) is 1. The number of rotatable bonds is 3. The van der Waals surface area contributed by atoms with Gasteiger partial charge in [-0.3, -0.25) is 4.68 Å². The molecular weight excluding hydrogens is 220 g/mol. The molecule has 6 heteroatoms. The van der Waals surface area contributed by atoms with Crippen LogP contribution in [0, 0.1) is 13.8 Å². The first-order valence-corrected chi connectivity index (χ1v) is 5.23. The van der Waals surface area contributed by atoms with Gasteiger partial charge in [-0.15, -0.1) is 10.2 Å². The van der Waals surface area contributed by atoms with Crippen LogP contribution in [0.5, 0.6) is 11.6 Å². The quantitative estimate of drug-likeness (QED) is 0.861. The minimum absolute atomic E-state index is 0.127. The van der Waals surface area contributed by atoms with Gasteiger partial charge in [-0.05, 0) is 19.9 Å². The van der Waals surface area contributed by atoms with Crippen LogP contribution in [-0.2, 0) is 13.7 Å². The van der Waals surface area contributed by atoms with E-state index in [1.807, 2.05) is 20.9 Å². The number of hydrogen-bond donors (Lipinski definition) is 1. The molecule has 0 aromatic carbocycles. The summed E-state index contributed by atoms with van der Waals surface area (Å²) in [4.78, 5) is 0. The normalized spacial score (nSPS) is 10.6. The number of nitrogens with zero attached hydrogens (tertiary/aromatic N) is 4. The Balaban J connectivity index is 2.25. The summed E-state index contributed by atoms with van der Waals surface area (Å²) in [7, 11) is 1.86. The molecule has 2 rings (SSSR count). The number of aliphatic hydroxyl groups excluding tert-OH is 1. The van der Waals surface area contributed by atoms with Crippen LogP contribution in [0.2, 0.25) is 0 Å². The second kappa shape index (κ2) is 4.50. The van der Waals surface area contributed by atoms with Crippen molar-refractivity contribution < 1.29 is 9.84 Å². The Morgan fingerprint density at radius 1 is 1.29 bits per heavy atom. The summed E-state index contributed by atoms with van der Waals surface area (Å²) in [6, 6.07) is 3.34. The smallest absolute Gasteiger partial charge is 0.239 e. The van der Waals surface area contributed by atoms with Crippen LogP contribution in [-0.4, -0.2) is 25.1 Å². The third-order valence-electron chi connectivity index (χ3n) is 2.51. The van der Waals surface area contributed by atoms with Crippen molar-refractivity contribution >= 4 is 0 Å². The molecule has 0 amide bonds. The Kier molecular flexibility index (Phi) is 3.06. The summed E-state index contributed by atoms with van der Waals surface area (Å²) in [6.45, 7) is 3.67. The van der Waals surface area contributed by atoms with Gasteiger partial charge < -0.3 is 9.84 Å². The van der Waals surface area contributed by atoms with Gasteiger partial charge in [0, 0.05) is 13.1 Å². The van der Waals surface area contributed by atoms with Crippen molar-refractivity contribution in [2.24, 2.45) is 7.05 Å². The SMILES string of the molecule is Cc1nn(C)c(C)c1Oc1ccc(CO)nn1. The van der Waals surface area contributed by atoms with Crippen molar-refractivity contribution in [1.29, 1.82) is 0 Å². The van der Waals surface area contributed by atoms with Crippen LogP contribution in [0.15, 0.2) is 12.1 Å². The minimum Gasteiger partial charge on any atom is -0.434 e. The third kappa shape index (κ3) is 2.26. The van der Waals surface area contributed by atoms with Gasteiger partial charge in [-0.1, -0.05) is 0 Å². The highest BCUT2D eigenvalue weighted by Gasteiger charge is 2.12. The van der Waals surface area contributed by atoms with Crippen LogP contribution in [0.1, 0.15) is 17.1 Å². The van der Waals surface area contributed by atoms with E-state index >= 15 is 0 Å². The molecule has 0 bridgehead atoms. The molecule has 0 unspecified atom stereocenters. The van der Waals surface area contributed by atoms with E-state index in [0.717, 1.165) is 11.4 Å². The lowest BCUT2D eigenvalue weighted by Crippen LogP contribution is -1.96. The molecule has 6 nitrogen and oxygen atoms in total. The summed E-state index contributed by atoms with van der Waals surface area (Å²) in [5.74, 6) is 1.08. The van der Waals surface area contributed by atoms with E-state index in [2.05, 4.69) is 15.3 Å². The van der Waals surface area contributed by atoms with Gasteiger partial charge in [-0.2, -0.15) is 5.10 Å². The minimum atomic E-state index is -0.127. The summed E-state index contributed by atoms with van der Waals surface area (Å²) in [5.41, 5.74) is 2.24. The van der Waals surface area contributed by atoms with Gasteiger partial charge in [0.2, 0.25) is 5.88 Å². The fraction of sp³-hybridized carbons (Fsp3) is 0.364. The number of hydrogen-bond acceptors (Lipinski definition) is 5. The molecule has 0 spiro atoms. The Hall–Kier alpha value is -1.95. The lowest BCUT2D eigenvalue weighted by Gasteiger charge is -2.04. The monoisotopic (exact) mass is 234 g/mol. The van der Waals surface area contributed by atoms with Crippen LogP contribution < -0.4 is 4.74 Å². The molecule has 90 valence electrons. The summed E-state index contributed by atoms with van der Waals surface area (Å²) < 4.78 is 7.37. The zero-order valence-electron chi connectivity index (χ0n) is 10.0. The van der Waals surface area contributed by atoms with Crippen molar-refractivity contribution in [3.63, 3.8) is 0 Å². The zero-order chi connectivity index (χ0) is 12.4. The van der Waals surface area contributed by atoms with Crippen LogP contribution in [0.3, 0.4) is 0 Å². The average Bonchev–Trinajstić information content (AvgIpc) is 2.57. The van der Waals surface area contributed by atoms with Crippen LogP contribution in [0.25, 0.3) is 0 Å². The molecular formula is C11H14N4O2. The highest BCUT2D eigenvalue weighted by atomic mass is 16.5. The molecule has 17 heavy (non-hydrogen) atoms. The van der Waals surface area contributed by atoms with Crippen molar-refractivity contribution in [2.75, 3.05) is 0 Å². The molecule has 0 aliphatic rings. The lowest BCUT2D eigenvalue weighted by molar-refractivity contribution is 0.274. The van der Waals surface area contributed by atoms with Gasteiger partial charge in [0.15, 0.2) is 5.75 Å². The lowest BCUT2D eigenvalue weighted by atomic mass is 10.3. The second-order valence-corrected chi connectivity index (χ2v) is 3.75. The molecule has 2 aromatic heterocycles. The van der Waals surface area contributed by atoms with Gasteiger partial charge in [0.1, 0.15) is 5.69 Å². The zero-order valence-corrected chi connectivity index (χ0v) is 10.0. The molecule has 2 heterocycles. The van der Waals surface area contributed by atoms with Gasteiger partial charge >= 0.3 is 0 Å². The third-order valence-corrected chi connectivity index (χ3v) is 2.51. The number of aromatic nitrogens is 4. The molecule has 0 atom stereocenters. The largest absolute Gasteiger partial charge is 0.434 e. The first-order valence-electron chi connectivity index (χ1n) is 5.23. The molecule has 0 aliphatic carbocycles. The number of aliphatic hydroxyl groups is 1. The topological polar surface area (TPSA) is 73.1 Å². The predicted molar refractivity (Wildman–Crippen MR) is 60.7 cm³/mol. The van der Waals surface area contributed by atoms with Gasteiger partial charge in [0.25, 0.3) is 0 Å². The average molecular weight is 234 g/mol. The number of aryl methyl sites for hydroxylation is 2. The van der Waals surface area contributed by atoms with Crippen LogP contribution in [0.4, 0.5) is 0 Å². The molecule has 0 aliphatic heterocycles. The summed E-state index contributed by atoms with van der Waals surface area (Å²) in [5, 5.41) is 20.8. The highest BCUT2D eigenvalue weighted by molar-refractivity contribution is 5.34. The van der Waals surface area contributed by atoms with E-state index in [-0.39, 0.29) is 6.61 Å². The standard InChI is InChI=1S/C11H14N4O2/c1-7-11(8(2)15(3)14-7)17-10-5-4-9(6-16)12-13-10/h4-5,16H,6H2,1-3H3. The Morgan fingerprint density at radius 2 is 2.06 bits per heavy atom. The van der Waals surface area contributed by atoms with Gasteiger partial charge in [0.05, 0.1) is 18.0 Å².